The zero-order valence-corrected chi connectivity index (χ0v) is 13.6. The van der Waals surface area contributed by atoms with E-state index in [-0.39, 0.29) is 22.7 Å². The predicted octanol–water partition coefficient (Wildman–Crippen LogP) is 1.37. The minimum atomic E-state index is -0.983. The molecule has 0 aliphatic carbocycles. The fourth-order valence-corrected chi connectivity index (χ4v) is 4.64. The smallest absolute Gasteiger partial charge is 0.327 e. The monoisotopic (exact) mass is 330 g/mol. The van der Waals surface area contributed by atoms with Crippen LogP contribution in [-0.4, -0.2) is 43.6 Å². The lowest BCUT2D eigenvalue weighted by atomic mass is 10.2. The number of hydrogen-bond donors (Lipinski definition) is 1. The Hall–Kier alpha value is -1.28. The van der Waals surface area contributed by atoms with Crippen molar-refractivity contribution in [2.75, 3.05) is 5.75 Å². The number of carboxylic acid groups (broad SMARTS) is 1. The third-order valence-corrected chi connectivity index (χ3v) is 5.71. The molecule has 0 radical (unpaired) electrons. The molecule has 1 fully saturated rings. The summed E-state index contributed by atoms with van der Waals surface area (Å²) in [7, 11) is 0. The summed E-state index contributed by atoms with van der Waals surface area (Å²) in [5, 5.41) is 10.9. The van der Waals surface area contributed by atoms with Gasteiger partial charge in [0.1, 0.15) is 12.6 Å². The van der Waals surface area contributed by atoms with Crippen molar-refractivity contribution >= 4 is 35.0 Å². The van der Waals surface area contributed by atoms with Gasteiger partial charge in [0.15, 0.2) is 0 Å². The second-order valence-corrected chi connectivity index (χ2v) is 6.99. The number of thiazole rings is 1. The van der Waals surface area contributed by atoms with Crippen molar-refractivity contribution in [2.45, 2.75) is 44.6 Å². The van der Waals surface area contributed by atoms with Crippen molar-refractivity contribution in [2.24, 2.45) is 0 Å². The van der Waals surface area contributed by atoms with E-state index in [9.17, 15) is 19.5 Å². The van der Waals surface area contributed by atoms with E-state index in [0.29, 0.717) is 5.75 Å². The van der Waals surface area contributed by atoms with Crippen LogP contribution in [0.2, 0.25) is 0 Å². The van der Waals surface area contributed by atoms with Crippen molar-refractivity contribution < 1.29 is 14.7 Å². The summed E-state index contributed by atoms with van der Waals surface area (Å²) in [6.07, 6.45) is 1.64. The zero-order chi connectivity index (χ0) is 15.6. The Bertz CT molecular complexity index is 595. The summed E-state index contributed by atoms with van der Waals surface area (Å²) in [5.41, 5.74) is 0.726. The van der Waals surface area contributed by atoms with E-state index in [2.05, 4.69) is 0 Å². The molecule has 1 aromatic rings. The number of rotatable bonds is 5. The van der Waals surface area contributed by atoms with Gasteiger partial charge in [-0.2, -0.15) is 0 Å². The quantitative estimate of drug-likeness (QED) is 0.882. The molecule has 0 saturated carbocycles. The number of nitrogens with zero attached hydrogens (tertiary/aromatic N) is 2. The van der Waals surface area contributed by atoms with Crippen LogP contribution in [0, 0.1) is 6.92 Å². The number of carboxylic acids is 1. The van der Waals surface area contributed by atoms with Gasteiger partial charge in [0.25, 0.3) is 0 Å². The molecule has 1 saturated heterocycles. The first kappa shape index (κ1) is 16.1. The summed E-state index contributed by atoms with van der Waals surface area (Å²) in [4.78, 5) is 36.8. The fraction of sp³-hybridized carbons (Fsp3) is 0.615. The Labute approximate surface area is 130 Å². The number of aromatic nitrogens is 1. The van der Waals surface area contributed by atoms with Gasteiger partial charge in [0.05, 0.1) is 5.37 Å². The summed E-state index contributed by atoms with van der Waals surface area (Å²) in [6, 6.07) is -0.798. The van der Waals surface area contributed by atoms with E-state index in [4.69, 9.17) is 0 Å². The van der Waals surface area contributed by atoms with Crippen LogP contribution in [0.25, 0.3) is 0 Å². The molecule has 116 valence electrons. The first-order valence-electron chi connectivity index (χ1n) is 6.76. The maximum Gasteiger partial charge on any atom is 0.327 e. The van der Waals surface area contributed by atoms with E-state index < -0.39 is 12.0 Å². The van der Waals surface area contributed by atoms with E-state index in [1.54, 1.807) is 12.3 Å². The lowest BCUT2D eigenvalue weighted by Crippen LogP contribution is -2.47. The van der Waals surface area contributed by atoms with Crippen molar-refractivity contribution in [3.63, 3.8) is 0 Å². The first-order chi connectivity index (χ1) is 9.95. The highest BCUT2D eigenvalue weighted by molar-refractivity contribution is 8.00. The lowest BCUT2D eigenvalue weighted by molar-refractivity contribution is -0.149. The number of thioether (sulfide) groups is 1. The molecule has 21 heavy (non-hydrogen) atoms. The Kier molecular flexibility index (Phi) is 5.10. The zero-order valence-electron chi connectivity index (χ0n) is 11.9. The van der Waals surface area contributed by atoms with Crippen LogP contribution in [0.5, 0.6) is 0 Å². The Morgan fingerprint density at radius 3 is 2.71 bits per heavy atom. The summed E-state index contributed by atoms with van der Waals surface area (Å²) in [5.74, 6) is -0.873. The standard InChI is InChI=1S/C13H18N2O4S2/c1-3-4-11-15(9(7-20-11)12(17)18)10(16)5-14-8(2)6-21-13(14)19/h6,9,11H,3-5,7H2,1-2H3,(H,17,18). The number of amides is 1. The molecule has 1 amide bonds. The average molecular weight is 330 g/mol. The highest BCUT2D eigenvalue weighted by Gasteiger charge is 2.41. The van der Waals surface area contributed by atoms with Gasteiger partial charge in [0.2, 0.25) is 5.91 Å². The number of aliphatic carboxylic acids is 1. The molecule has 1 aliphatic rings. The van der Waals surface area contributed by atoms with Gasteiger partial charge in [-0.3, -0.25) is 14.2 Å². The van der Waals surface area contributed by atoms with Crippen molar-refractivity contribution in [3.05, 3.63) is 20.7 Å². The lowest BCUT2D eigenvalue weighted by Gasteiger charge is -2.27. The van der Waals surface area contributed by atoms with Crippen molar-refractivity contribution in [1.29, 1.82) is 0 Å². The second-order valence-electron chi connectivity index (χ2n) is 4.96. The largest absolute Gasteiger partial charge is 0.480 e. The van der Waals surface area contributed by atoms with Gasteiger partial charge in [-0.1, -0.05) is 24.7 Å². The van der Waals surface area contributed by atoms with E-state index >= 15 is 0 Å². The molecule has 1 aliphatic heterocycles. The number of hydrogen-bond acceptors (Lipinski definition) is 5. The number of aryl methyl sites for hydroxylation is 1. The fourth-order valence-electron chi connectivity index (χ4n) is 2.37. The molecule has 6 nitrogen and oxygen atoms in total. The minimum Gasteiger partial charge on any atom is -0.480 e. The highest BCUT2D eigenvalue weighted by atomic mass is 32.2. The molecule has 2 unspecified atom stereocenters. The minimum absolute atomic E-state index is 0.0846. The van der Waals surface area contributed by atoms with Crippen LogP contribution < -0.4 is 4.87 Å². The molecular formula is C13H18N2O4S2. The predicted molar refractivity (Wildman–Crippen MR) is 82.7 cm³/mol. The molecule has 0 aromatic carbocycles. The normalized spacial score (nSPS) is 21.7. The topological polar surface area (TPSA) is 79.6 Å². The average Bonchev–Trinajstić information content (AvgIpc) is 2.97. The van der Waals surface area contributed by atoms with E-state index in [1.807, 2.05) is 6.92 Å². The molecular weight excluding hydrogens is 312 g/mol. The third-order valence-electron chi connectivity index (χ3n) is 3.47. The molecule has 0 spiro atoms. The summed E-state index contributed by atoms with van der Waals surface area (Å²) < 4.78 is 1.40. The number of carbonyl (C=O) groups excluding carboxylic acids is 1. The van der Waals surface area contributed by atoms with E-state index in [1.165, 1.54) is 21.2 Å². The van der Waals surface area contributed by atoms with Crippen molar-refractivity contribution in [1.82, 2.24) is 9.47 Å². The first-order valence-corrected chi connectivity index (χ1v) is 8.69. The van der Waals surface area contributed by atoms with Gasteiger partial charge >= 0.3 is 10.8 Å². The van der Waals surface area contributed by atoms with Crippen LogP contribution in [0.1, 0.15) is 25.5 Å². The maximum atomic E-state index is 12.5. The summed E-state index contributed by atoms with van der Waals surface area (Å²) in [6.45, 7) is 3.69. The molecule has 2 heterocycles. The van der Waals surface area contributed by atoms with Crippen LogP contribution in [-0.2, 0) is 16.1 Å². The Balaban J connectivity index is 2.21. The van der Waals surface area contributed by atoms with Gasteiger partial charge in [-0.05, 0) is 13.3 Å². The SMILES string of the molecule is CCCC1SCC(C(=O)O)N1C(=O)Cn1c(C)csc1=O. The molecule has 2 rings (SSSR count). The molecule has 2 atom stereocenters. The highest BCUT2D eigenvalue weighted by Crippen LogP contribution is 2.32. The van der Waals surface area contributed by atoms with Crippen LogP contribution >= 0.6 is 23.1 Å². The van der Waals surface area contributed by atoms with Crippen LogP contribution in [0.4, 0.5) is 0 Å². The molecule has 1 N–H and O–H groups in total. The van der Waals surface area contributed by atoms with Gasteiger partial charge in [0, 0.05) is 16.8 Å². The van der Waals surface area contributed by atoms with Crippen molar-refractivity contribution in [3.8, 4) is 0 Å². The Morgan fingerprint density at radius 1 is 1.48 bits per heavy atom. The van der Waals surface area contributed by atoms with Crippen LogP contribution in [0.15, 0.2) is 10.2 Å². The Morgan fingerprint density at radius 2 is 2.19 bits per heavy atom. The molecule has 8 heteroatoms. The van der Waals surface area contributed by atoms with E-state index in [0.717, 1.165) is 29.9 Å². The van der Waals surface area contributed by atoms with Crippen LogP contribution in [0.3, 0.4) is 0 Å². The maximum absolute atomic E-state index is 12.5. The van der Waals surface area contributed by atoms with Gasteiger partial charge in [-0.15, -0.1) is 11.8 Å². The third kappa shape index (κ3) is 3.32. The number of carbonyl (C=O) groups is 2. The molecule has 0 bridgehead atoms. The summed E-state index contributed by atoms with van der Waals surface area (Å²) >= 11 is 2.55. The second kappa shape index (κ2) is 6.65. The van der Waals surface area contributed by atoms with Gasteiger partial charge in [-0.25, -0.2) is 4.79 Å². The van der Waals surface area contributed by atoms with Gasteiger partial charge < -0.3 is 10.0 Å². The molecule has 1 aromatic heterocycles.